The number of hydrogen-bond acceptors (Lipinski definition) is 3. The molecule has 2 heterocycles. The number of carbonyl (C=O) groups is 1. The van der Waals surface area contributed by atoms with Crippen LogP contribution in [0.3, 0.4) is 0 Å². The molecule has 8 heteroatoms. The van der Waals surface area contributed by atoms with Gasteiger partial charge >= 0.3 is 0 Å². The summed E-state index contributed by atoms with van der Waals surface area (Å²) in [6.45, 7) is 4.57. The molecule has 2 atom stereocenters. The minimum atomic E-state index is -3.47. The molecule has 1 aliphatic heterocycles. The van der Waals surface area contributed by atoms with E-state index in [9.17, 15) is 13.2 Å². The maximum absolute atomic E-state index is 12.8. The molecule has 154 valence electrons. The number of nitrogens with zero attached hydrogens (tertiary/aromatic N) is 3. The Morgan fingerprint density at radius 1 is 1.18 bits per heavy atom. The maximum atomic E-state index is 12.8. The Kier molecular flexibility index (Phi) is 6.12. The van der Waals surface area contributed by atoms with Gasteiger partial charge < -0.3 is 9.88 Å². The molecule has 1 aromatic carbocycles. The zero-order chi connectivity index (χ0) is 20.5. The predicted molar refractivity (Wildman–Crippen MR) is 111 cm³/mol. The molecular weight excluding hydrogens is 376 g/mol. The Balaban J connectivity index is 1.58. The quantitative estimate of drug-likeness (QED) is 0.799. The van der Waals surface area contributed by atoms with Crippen LogP contribution in [0.25, 0.3) is 10.9 Å². The van der Waals surface area contributed by atoms with Crippen molar-refractivity contribution in [2.24, 2.45) is 0 Å². The second-order valence-corrected chi connectivity index (χ2v) is 9.78. The number of aryl methyl sites for hydroxylation is 1. The van der Waals surface area contributed by atoms with Crippen LogP contribution in [0.4, 0.5) is 0 Å². The normalized spacial score (nSPS) is 21.5. The van der Waals surface area contributed by atoms with Crippen LogP contribution in [-0.4, -0.2) is 72.1 Å². The third kappa shape index (κ3) is 3.94. The van der Waals surface area contributed by atoms with Crippen LogP contribution in [0.1, 0.15) is 32.3 Å². The van der Waals surface area contributed by atoms with Gasteiger partial charge in [-0.3, -0.25) is 4.79 Å². The van der Waals surface area contributed by atoms with E-state index in [4.69, 9.17) is 0 Å². The first-order valence-corrected chi connectivity index (χ1v) is 11.2. The molecule has 1 amide bonds. The lowest BCUT2D eigenvalue weighted by atomic mass is 10.0. The zero-order valence-electron chi connectivity index (χ0n) is 17.1. The second kappa shape index (κ2) is 8.23. The number of fused-ring (bicyclic) bond motifs is 1. The Labute approximate surface area is 167 Å². The number of hydrogen-bond donors (Lipinski definition) is 1. The molecule has 0 radical (unpaired) electrons. The molecule has 2 aromatic rings. The summed E-state index contributed by atoms with van der Waals surface area (Å²) >= 11 is 0. The standard InChI is InChI=1S/C20H30N4O3S/c1-15-16(2)24(28(26,27)22(3)4)13-12-23(15)20(25)11-7-8-17-14-21-19-10-6-5-9-18(17)19/h5-6,9-10,14-16,21H,7-8,11-13H2,1-4H3/t15-,16+/m0/s1. The summed E-state index contributed by atoms with van der Waals surface area (Å²) < 4.78 is 27.7. The first kappa shape index (κ1) is 20.8. The van der Waals surface area contributed by atoms with Crippen molar-refractivity contribution in [3.8, 4) is 0 Å². The van der Waals surface area contributed by atoms with Gasteiger partial charge in [0.15, 0.2) is 0 Å². The Hall–Kier alpha value is -1.90. The first-order chi connectivity index (χ1) is 13.2. The highest BCUT2D eigenvalue weighted by molar-refractivity contribution is 7.86. The number of amides is 1. The minimum Gasteiger partial charge on any atom is -0.361 e. The van der Waals surface area contributed by atoms with Gasteiger partial charge in [0.1, 0.15) is 0 Å². The SMILES string of the molecule is C[C@@H]1[C@H](C)N(C(=O)CCCc2c[nH]c3ccccc23)CCN1S(=O)(=O)N(C)C. The van der Waals surface area contributed by atoms with Crippen molar-refractivity contribution in [1.82, 2.24) is 18.5 Å². The average molecular weight is 407 g/mol. The maximum Gasteiger partial charge on any atom is 0.281 e. The van der Waals surface area contributed by atoms with Gasteiger partial charge in [0.05, 0.1) is 0 Å². The van der Waals surface area contributed by atoms with Crippen LogP contribution < -0.4 is 0 Å². The van der Waals surface area contributed by atoms with Gasteiger partial charge in [0.25, 0.3) is 10.2 Å². The Morgan fingerprint density at radius 3 is 2.61 bits per heavy atom. The topological polar surface area (TPSA) is 76.7 Å². The fourth-order valence-corrected chi connectivity index (χ4v) is 5.24. The van der Waals surface area contributed by atoms with Crippen molar-refractivity contribution in [3.05, 3.63) is 36.0 Å². The number of benzene rings is 1. The molecular formula is C20H30N4O3S. The van der Waals surface area contributed by atoms with Crippen LogP contribution in [0.15, 0.2) is 30.5 Å². The number of aromatic nitrogens is 1. The van der Waals surface area contributed by atoms with Crippen LogP contribution in [0.2, 0.25) is 0 Å². The Bertz CT molecular complexity index is 938. The van der Waals surface area contributed by atoms with Gasteiger partial charge in [-0.2, -0.15) is 17.0 Å². The fourth-order valence-electron chi connectivity index (χ4n) is 3.91. The summed E-state index contributed by atoms with van der Waals surface area (Å²) in [5, 5.41) is 1.21. The smallest absolute Gasteiger partial charge is 0.281 e. The molecule has 0 spiro atoms. The molecule has 1 aliphatic rings. The number of piperazine rings is 1. The van der Waals surface area contributed by atoms with E-state index in [0.29, 0.717) is 19.5 Å². The van der Waals surface area contributed by atoms with Crippen molar-refractivity contribution in [2.45, 2.75) is 45.2 Å². The van der Waals surface area contributed by atoms with Crippen LogP contribution in [-0.2, 0) is 21.4 Å². The van der Waals surface area contributed by atoms with E-state index >= 15 is 0 Å². The lowest BCUT2D eigenvalue weighted by molar-refractivity contribution is -0.136. The summed E-state index contributed by atoms with van der Waals surface area (Å²) in [5.74, 6) is 0.0982. The lowest BCUT2D eigenvalue weighted by Crippen LogP contribution is -2.61. The lowest BCUT2D eigenvalue weighted by Gasteiger charge is -2.44. The number of nitrogens with one attached hydrogen (secondary N) is 1. The summed E-state index contributed by atoms with van der Waals surface area (Å²) in [4.78, 5) is 17.9. The van der Waals surface area contributed by atoms with E-state index in [2.05, 4.69) is 11.1 Å². The summed E-state index contributed by atoms with van der Waals surface area (Å²) in [7, 11) is -0.400. The largest absolute Gasteiger partial charge is 0.361 e. The van der Waals surface area contributed by atoms with Gasteiger partial charge in [-0.15, -0.1) is 0 Å². The highest BCUT2D eigenvalue weighted by Gasteiger charge is 2.39. The third-order valence-corrected chi connectivity index (χ3v) is 7.83. The van der Waals surface area contributed by atoms with Crippen molar-refractivity contribution in [3.63, 3.8) is 0 Å². The molecule has 0 saturated carbocycles. The molecule has 0 aliphatic carbocycles. The molecule has 7 nitrogen and oxygen atoms in total. The van der Waals surface area contributed by atoms with Crippen molar-refractivity contribution in [1.29, 1.82) is 0 Å². The number of para-hydroxylation sites is 1. The summed E-state index contributed by atoms with van der Waals surface area (Å²) in [6, 6.07) is 7.77. The molecule has 1 N–H and O–H groups in total. The van der Waals surface area contributed by atoms with Crippen LogP contribution in [0.5, 0.6) is 0 Å². The van der Waals surface area contributed by atoms with E-state index in [0.717, 1.165) is 18.4 Å². The molecule has 3 rings (SSSR count). The van der Waals surface area contributed by atoms with Crippen molar-refractivity contribution in [2.75, 3.05) is 27.2 Å². The summed E-state index contributed by atoms with van der Waals surface area (Å²) in [6.07, 6.45) is 4.11. The van der Waals surface area contributed by atoms with E-state index in [1.54, 1.807) is 0 Å². The number of rotatable bonds is 6. The second-order valence-electron chi connectivity index (χ2n) is 7.68. The molecule has 1 aromatic heterocycles. The van der Waals surface area contributed by atoms with E-state index in [1.807, 2.05) is 43.1 Å². The fraction of sp³-hybridized carbons (Fsp3) is 0.550. The van der Waals surface area contributed by atoms with Crippen molar-refractivity contribution < 1.29 is 13.2 Å². The highest BCUT2D eigenvalue weighted by Crippen LogP contribution is 2.23. The van der Waals surface area contributed by atoms with Gasteiger partial charge in [-0.05, 0) is 38.3 Å². The molecule has 1 saturated heterocycles. The van der Waals surface area contributed by atoms with Gasteiger partial charge in [0, 0.05) is 62.8 Å². The molecule has 0 unspecified atom stereocenters. The zero-order valence-corrected chi connectivity index (χ0v) is 17.9. The number of carbonyl (C=O) groups excluding carboxylic acids is 1. The first-order valence-electron chi connectivity index (χ1n) is 9.77. The molecule has 0 bridgehead atoms. The van der Waals surface area contributed by atoms with Crippen molar-refractivity contribution >= 4 is 27.0 Å². The predicted octanol–water partition coefficient (Wildman–Crippen LogP) is 2.22. The Morgan fingerprint density at radius 2 is 1.89 bits per heavy atom. The van der Waals surface area contributed by atoms with Gasteiger partial charge in [0.2, 0.25) is 5.91 Å². The monoisotopic (exact) mass is 406 g/mol. The van der Waals surface area contributed by atoms with E-state index < -0.39 is 10.2 Å². The molecule has 28 heavy (non-hydrogen) atoms. The van der Waals surface area contributed by atoms with Crippen LogP contribution in [0, 0.1) is 0 Å². The minimum absolute atomic E-state index is 0.0982. The van der Waals surface area contributed by atoms with Gasteiger partial charge in [-0.25, -0.2) is 0 Å². The number of aromatic amines is 1. The highest BCUT2D eigenvalue weighted by atomic mass is 32.2. The third-order valence-electron chi connectivity index (χ3n) is 5.80. The summed E-state index contributed by atoms with van der Waals surface area (Å²) in [5.41, 5.74) is 2.34. The van der Waals surface area contributed by atoms with E-state index in [-0.39, 0.29) is 18.0 Å². The number of H-pyrrole nitrogens is 1. The van der Waals surface area contributed by atoms with E-state index in [1.165, 1.54) is 33.7 Å². The average Bonchev–Trinajstić information content (AvgIpc) is 3.06. The van der Waals surface area contributed by atoms with Crippen LogP contribution >= 0.6 is 0 Å². The van der Waals surface area contributed by atoms with Gasteiger partial charge in [-0.1, -0.05) is 18.2 Å². The molecule has 1 fully saturated rings.